The van der Waals surface area contributed by atoms with Crippen molar-refractivity contribution in [1.82, 2.24) is 14.8 Å². The van der Waals surface area contributed by atoms with Gasteiger partial charge in [0.15, 0.2) is 5.82 Å². The van der Waals surface area contributed by atoms with E-state index in [-0.39, 0.29) is 11.7 Å². The molecule has 30 heavy (non-hydrogen) atoms. The van der Waals surface area contributed by atoms with Crippen molar-refractivity contribution >= 4 is 23.2 Å². The molecule has 0 aliphatic rings. The zero-order valence-corrected chi connectivity index (χ0v) is 17.7. The van der Waals surface area contributed by atoms with Gasteiger partial charge in [-0.15, -0.1) is 5.10 Å². The third kappa shape index (κ3) is 4.11. The summed E-state index contributed by atoms with van der Waals surface area (Å²) >= 11 is 6.05. The third-order valence-electron chi connectivity index (χ3n) is 4.78. The zero-order valence-electron chi connectivity index (χ0n) is 17.0. The first-order valence-corrected chi connectivity index (χ1v) is 9.97. The zero-order chi connectivity index (χ0) is 21.3. The molecule has 0 saturated carbocycles. The van der Waals surface area contributed by atoms with Crippen LogP contribution in [0, 0.1) is 20.8 Å². The largest absolute Gasteiger partial charge is 0.319 e. The average Bonchev–Trinajstić information content (AvgIpc) is 3.16. The van der Waals surface area contributed by atoms with E-state index in [1.807, 2.05) is 75.4 Å². The number of aryl methyl sites for hydroxylation is 3. The molecule has 1 N–H and O–H groups in total. The highest BCUT2D eigenvalue weighted by atomic mass is 35.5. The number of rotatable bonds is 4. The lowest BCUT2D eigenvalue weighted by Crippen LogP contribution is -2.14. The summed E-state index contributed by atoms with van der Waals surface area (Å²) in [5.41, 5.74) is 5.59. The first-order valence-electron chi connectivity index (χ1n) is 9.59. The molecule has 0 aliphatic carbocycles. The molecule has 0 fully saturated rings. The fourth-order valence-electron chi connectivity index (χ4n) is 3.22. The number of nitrogens with zero attached hydrogens (tertiary/aromatic N) is 3. The Hall–Kier alpha value is -3.44. The molecule has 1 aromatic heterocycles. The van der Waals surface area contributed by atoms with Crippen LogP contribution in [0.25, 0.3) is 17.1 Å². The van der Waals surface area contributed by atoms with Crippen LogP contribution in [0.1, 0.15) is 27.3 Å². The number of benzene rings is 3. The minimum Gasteiger partial charge on any atom is -0.319 e. The summed E-state index contributed by atoms with van der Waals surface area (Å²) in [4.78, 5) is 17.5. The molecule has 0 spiro atoms. The molecular formula is C24H21ClN4O. The van der Waals surface area contributed by atoms with E-state index in [1.165, 1.54) is 0 Å². The molecule has 4 aromatic rings. The first kappa shape index (κ1) is 19.9. The molecule has 150 valence electrons. The molecular weight excluding hydrogens is 396 g/mol. The highest BCUT2D eigenvalue weighted by molar-refractivity contribution is 6.30. The van der Waals surface area contributed by atoms with Crippen molar-refractivity contribution in [3.8, 4) is 17.1 Å². The first-order chi connectivity index (χ1) is 14.4. The summed E-state index contributed by atoms with van der Waals surface area (Å²) in [7, 11) is 0. The highest BCUT2D eigenvalue weighted by Gasteiger charge is 2.20. The van der Waals surface area contributed by atoms with Crippen LogP contribution in [0.4, 0.5) is 5.69 Å². The van der Waals surface area contributed by atoms with Gasteiger partial charge in [-0.05, 0) is 79.9 Å². The smallest absolute Gasteiger partial charge is 0.295 e. The van der Waals surface area contributed by atoms with Gasteiger partial charge in [0.05, 0.1) is 5.69 Å². The predicted octanol–water partition coefficient (Wildman–Crippen LogP) is 5.77. The van der Waals surface area contributed by atoms with E-state index >= 15 is 0 Å². The fourth-order valence-corrected chi connectivity index (χ4v) is 3.35. The average molecular weight is 417 g/mol. The Kier molecular flexibility index (Phi) is 5.38. The van der Waals surface area contributed by atoms with Gasteiger partial charge in [0.25, 0.3) is 5.91 Å². The van der Waals surface area contributed by atoms with E-state index in [2.05, 4.69) is 15.4 Å². The number of hydrogen-bond donors (Lipinski definition) is 1. The van der Waals surface area contributed by atoms with Gasteiger partial charge in [0.1, 0.15) is 0 Å². The topological polar surface area (TPSA) is 59.8 Å². The Labute approximate surface area is 180 Å². The summed E-state index contributed by atoms with van der Waals surface area (Å²) in [6.07, 6.45) is 0. The van der Waals surface area contributed by atoms with Crippen molar-refractivity contribution in [3.63, 3.8) is 0 Å². The van der Waals surface area contributed by atoms with Crippen LogP contribution in [-0.4, -0.2) is 20.7 Å². The van der Waals surface area contributed by atoms with Crippen LogP contribution in [-0.2, 0) is 0 Å². The van der Waals surface area contributed by atoms with Gasteiger partial charge in [-0.1, -0.05) is 35.9 Å². The van der Waals surface area contributed by atoms with E-state index < -0.39 is 0 Å². The van der Waals surface area contributed by atoms with Crippen LogP contribution in [0.3, 0.4) is 0 Å². The van der Waals surface area contributed by atoms with Crippen LogP contribution >= 0.6 is 11.6 Å². The quantitative estimate of drug-likeness (QED) is 0.459. The molecule has 0 bridgehead atoms. The van der Waals surface area contributed by atoms with Crippen molar-refractivity contribution in [1.29, 1.82) is 0 Å². The van der Waals surface area contributed by atoms with Crippen molar-refractivity contribution < 1.29 is 4.79 Å². The molecule has 5 nitrogen and oxygen atoms in total. The Morgan fingerprint density at radius 2 is 1.67 bits per heavy atom. The Balaban J connectivity index is 1.80. The number of carbonyl (C=O) groups excluding carboxylic acids is 1. The maximum Gasteiger partial charge on any atom is 0.295 e. The lowest BCUT2D eigenvalue weighted by molar-refractivity contribution is 0.101. The monoisotopic (exact) mass is 416 g/mol. The lowest BCUT2D eigenvalue weighted by Gasteiger charge is -2.10. The number of aromatic nitrogens is 3. The second kappa shape index (κ2) is 8.13. The van der Waals surface area contributed by atoms with Crippen LogP contribution in [0.2, 0.25) is 5.02 Å². The van der Waals surface area contributed by atoms with Crippen LogP contribution in [0.15, 0.2) is 66.7 Å². The molecule has 3 aromatic carbocycles. The summed E-state index contributed by atoms with van der Waals surface area (Å²) in [6, 6.07) is 21.1. The maximum absolute atomic E-state index is 12.9. The molecule has 0 saturated heterocycles. The molecule has 6 heteroatoms. The SMILES string of the molecule is Cc1cccc(NC(=O)c2nc(-c3ccc(Cl)cc3)n(-c3cc(C)ccc3C)n2)c1. The standard InChI is InChI=1S/C24H21ClN4O/c1-15-5-4-6-20(13-15)26-24(30)22-27-23(18-9-11-19(25)12-10-18)29(28-22)21-14-16(2)7-8-17(21)3/h4-14H,1-3H3,(H,26,30). The molecule has 4 rings (SSSR count). The number of carbonyl (C=O) groups is 1. The van der Waals surface area contributed by atoms with E-state index in [4.69, 9.17) is 11.6 Å². The van der Waals surface area contributed by atoms with E-state index in [9.17, 15) is 4.79 Å². The van der Waals surface area contributed by atoms with Crippen LogP contribution < -0.4 is 5.32 Å². The van der Waals surface area contributed by atoms with E-state index in [0.717, 1.165) is 27.9 Å². The Morgan fingerprint density at radius 3 is 2.40 bits per heavy atom. The van der Waals surface area contributed by atoms with Gasteiger partial charge in [-0.3, -0.25) is 4.79 Å². The highest BCUT2D eigenvalue weighted by Crippen LogP contribution is 2.25. The van der Waals surface area contributed by atoms with Crippen molar-refractivity contribution in [2.75, 3.05) is 5.32 Å². The second-order valence-electron chi connectivity index (χ2n) is 7.29. The van der Waals surface area contributed by atoms with E-state index in [0.29, 0.717) is 16.5 Å². The van der Waals surface area contributed by atoms with Gasteiger partial charge in [-0.25, -0.2) is 9.67 Å². The molecule has 1 amide bonds. The van der Waals surface area contributed by atoms with Crippen molar-refractivity contribution in [3.05, 3.63) is 94.3 Å². The van der Waals surface area contributed by atoms with Crippen LogP contribution in [0.5, 0.6) is 0 Å². The van der Waals surface area contributed by atoms with Gasteiger partial charge in [0, 0.05) is 16.3 Å². The van der Waals surface area contributed by atoms with Gasteiger partial charge in [-0.2, -0.15) is 0 Å². The van der Waals surface area contributed by atoms with E-state index in [1.54, 1.807) is 16.8 Å². The van der Waals surface area contributed by atoms with Gasteiger partial charge >= 0.3 is 0 Å². The number of nitrogens with one attached hydrogen (secondary N) is 1. The number of hydrogen-bond acceptors (Lipinski definition) is 3. The lowest BCUT2D eigenvalue weighted by atomic mass is 10.1. The number of anilines is 1. The van der Waals surface area contributed by atoms with Gasteiger partial charge in [0.2, 0.25) is 5.82 Å². The van der Waals surface area contributed by atoms with Crippen molar-refractivity contribution in [2.24, 2.45) is 0 Å². The molecule has 0 aliphatic heterocycles. The summed E-state index contributed by atoms with van der Waals surface area (Å²) < 4.78 is 1.72. The molecule has 0 atom stereocenters. The fraction of sp³-hybridized carbons (Fsp3) is 0.125. The Bertz CT molecular complexity index is 1230. The summed E-state index contributed by atoms with van der Waals surface area (Å²) in [5, 5.41) is 8.07. The number of halogens is 1. The molecule has 0 radical (unpaired) electrons. The van der Waals surface area contributed by atoms with Crippen molar-refractivity contribution in [2.45, 2.75) is 20.8 Å². The predicted molar refractivity (Wildman–Crippen MR) is 120 cm³/mol. The molecule has 1 heterocycles. The Morgan fingerprint density at radius 1 is 0.933 bits per heavy atom. The number of amides is 1. The third-order valence-corrected chi connectivity index (χ3v) is 5.03. The molecule has 0 unspecified atom stereocenters. The summed E-state index contributed by atoms with van der Waals surface area (Å²) in [6.45, 7) is 6.00. The maximum atomic E-state index is 12.9. The normalized spacial score (nSPS) is 10.8. The minimum absolute atomic E-state index is 0.0994. The van der Waals surface area contributed by atoms with Gasteiger partial charge < -0.3 is 5.32 Å². The minimum atomic E-state index is -0.361. The summed E-state index contributed by atoms with van der Waals surface area (Å²) in [5.74, 6) is 0.317. The second-order valence-corrected chi connectivity index (χ2v) is 7.73.